The van der Waals surface area contributed by atoms with Crippen molar-refractivity contribution < 1.29 is 14.3 Å². The summed E-state index contributed by atoms with van der Waals surface area (Å²) in [6, 6.07) is 0. The molecule has 5 heteroatoms. The average Bonchev–Trinajstić information content (AvgIpc) is 2.29. The Labute approximate surface area is 105 Å². The summed E-state index contributed by atoms with van der Waals surface area (Å²) in [4.78, 5) is 13.3. The molecular weight excluding hydrogens is 274 g/mol. The Balaban J connectivity index is 2.33. The Morgan fingerprint density at radius 1 is 1.62 bits per heavy atom. The minimum Gasteiger partial charge on any atom is -0.468 e. The molecule has 2 atom stereocenters. The van der Waals surface area contributed by atoms with Crippen molar-refractivity contribution in [3.63, 3.8) is 0 Å². The second-order valence-corrected chi connectivity index (χ2v) is 5.08. The molecular formula is C11H20BrNO3. The molecule has 0 aromatic heterocycles. The number of ether oxygens (including phenoxy) is 2. The number of nitrogens with zero attached hydrogens (tertiary/aromatic N) is 1. The maximum Gasteiger partial charge on any atom is 0.320 e. The van der Waals surface area contributed by atoms with Crippen LogP contribution in [0.4, 0.5) is 0 Å². The molecule has 94 valence electrons. The molecule has 0 spiro atoms. The summed E-state index contributed by atoms with van der Waals surface area (Å²) < 4.78 is 10.3. The van der Waals surface area contributed by atoms with Gasteiger partial charge in [0.25, 0.3) is 0 Å². The Morgan fingerprint density at radius 3 is 3.00 bits per heavy atom. The van der Waals surface area contributed by atoms with Crippen LogP contribution in [0, 0.1) is 0 Å². The quantitative estimate of drug-likeness (QED) is 0.568. The fraction of sp³-hybridized carbons (Fsp3) is 0.909. The van der Waals surface area contributed by atoms with E-state index in [4.69, 9.17) is 4.74 Å². The van der Waals surface area contributed by atoms with Crippen LogP contribution in [-0.2, 0) is 14.3 Å². The van der Waals surface area contributed by atoms with Crippen LogP contribution in [0.5, 0.6) is 0 Å². The lowest BCUT2D eigenvalue weighted by Gasteiger charge is -2.33. The van der Waals surface area contributed by atoms with Crippen LogP contribution in [0.25, 0.3) is 0 Å². The number of piperidine rings is 1. The minimum atomic E-state index is -0.238. The van der Waals surface area contributed by atoms with E-state index in [2.05, 4.69) is 25.6 Å². The van der Waals surface area contributed by atoms with E-state index in [0.717, 1.165) is 32.5 Å². The van der Waals surface area contributed by atoms with Crippen molar-refractivity contribution in [1.29, 1.82) is 0 Å². The number of methoxy groups -OCH3 is 1. The summed E-state index contributed by atoms with van der Waals surface area (Å²) in [5, 5.41) is 0. The molecule has 0 amide bonds. The predicted molar refractivity (Wildman–Crippen MR) is 65.8 cm³/mol. The van der Waals surface area contributed by atoms with Gasteiger partial charge in [0.15, 0.2) is 0 Å². The molecule has 0 aliphatic carbocycles. The Bertz CT molecular complexity index is 223. The first-order valence-corrected chi connectivity index (χ1v) is 6.64. The van der Waals surface area contributed by atoms with Crippen LogP contribution in [0.2, 0.25) is 0 Å². The monoisotopic (exact) mass is 293 g/mol. The standard InChI is InChI=1S/C11H20BrNO3/c1-3-16-9-5-4-6-13(7-9)8-10(12)11(14)15-2/h9-10H,3-8H2,1-2H3. The van der Waals surface area contributed by atoms with E-state index in [9.17, 15) is 4.79 Å². The maximum absolute atomic E-state index is 11.3. The van der Waals surface area contributed by atoms with E-state index < -0.39 is 0 Å². The number of likely N-dealkylation sites (tertiary alicyclic amines) is 1. The second kappa shape index (κ2) is 7.25. The summed E-state index contributed by atoms with van der Waals surface area (Å²) in [7, 11) is 1.41. The molecule has 0 aromatic carbocycles. The maximum atomic E-state index is 11.3. The Morgan fingerprint density at radius 2 is 2.38 bits per heavy atom. The fourth-order valence-electron chi connectivity index (χ4n) is 1.98. The van der Waals surface area contributed by atoms with Crippen molar-refractivity contribution in [3.05, 3.63) is 0 Å². The molecule has 1 heterocycles. The van der Waals surface area contributed by atoms with Crippen molar-refractivity contribution in [2.24, 2.45) is 0 Å². The average molecular weight is 294 g/mol. The van der Waals surface area contributed by atoms with Gasteiger partial charge in [-0.05, 0) is 26.3 Å². The van der Waals surface area contributed by atoms with Crippen LogP contribution in [0.15, 0.2) is 0 Å². The van der Waals surface area contributed by atoms with Crippen molar-refractivity contribution in [2.75, 3.05) is 33.4 Å². The third-order valence-corrected chi connectivity index (χ3v) is 3.40. The zero-order valence-electron chi connectivity index (χ0n) is 9.95. The highest BCUT2D eigenvalue weighted by Crippen LogP contribution is 2.15. The molecule has 16 heavy (non-hydrogen) atoms. The molecule has 1 aliphatic rings. The van der Waals surface area contributed by atoms with Gasteiger partial charge in [-0.25, -0.2) is 0 Å². The SMILES string of the molecule is CCOC1CCCN(CC(Br)C(=O)OC)C1. The smallest absolute Gasteiger partial charge is 0.320 e. The highest BCUT2D eigenvalue weighted by atomic mass is 79.9. The van der Waals surface area contributed by atoms with E-state index in [1.165, 1.54) is 7.11 Å². The summed E-state index contributed by atoms with van der Waals surface area (Å²) in [5.41, 5.74) is 0. The number of alkyl halides is 1. The molecule has 0 bridgehead atoms. The summed E-state index contributed by atoms with van der Waals surface area (Å²) in [6.45, 7) is 5.40. The lowest BCUT2D eigenvalue weighted by Crippen LogP contribution is -2.43. The molecule has 1 saturated heterocycles. The van der Waals surface area contributed by atoms with Crippen LogP contribution < -0.4 is 0 Å². The second-order valence-electron chi connectivity index (χ2n) is 3.97. The zero-order valence-corrected chi connectivity index (χ0v) is 11.5. The number of carbonyl (C=O) groups excluding carboxylic acids is 1. The lowest BCUT2D eigenvalue weighted by atomic mass is 10.1. The summed E-state index contributed by atoms with van der Waals surface area (Å²) in [6.07, 6.45) is 2.57. The molecule has 4 nitrogen and oxygen atoms in total. The van der Waals surface area contributed by atoms with Gasteiger partial charge in [-0.1, -0.05) is 15.9 Å². The first kappa shape index (κ1) is 13.9. The first-order chi connectivity index (χ1) is 7.67. The normalized spacial score (nSPS) is 24.1. The molecule has 0 aromatic rings. The molecule has 1 rings (SSSR count). The predicted octanol–water partition coefficient (Wildman–Crippen LogP) is 1.42. The highest BCUT2D eigenvalue weighted by molar-refractivity contribution is 9.10. The largest absolute Gasteiger partial charge is 0.468 e. The topological polar surface area (TPSA) is 38.8 Å². The van der Waals surface area contributed by atoms with Gasteiger partial charge in [0, 0.05) is 19.7 Å². The van der Waals surface area contributed by atoms with E-state index in [0.29, 0.717) is 12.6 Å². The van der Waals surface area contributed by atoms with Crippen LogP contribution in [-0.4, -0.2) is 55.2 Å². The van der Waals surface area contributed by atoms with Crippen LogP contribution in [0.1, 0.15) is 19.8 Å². The molecule has 2 unspecified atom stereocenters. The van der Waals surface area contributed by atoms with Gasteiger partial charge in [-0.15, -0.1) is 0 Å². The number of halogens is 1. The molecule has 1 aliphatic heterocycles. The van der Waals surface area contributed by atoms with E-state index in [1.807, 2.05) is 6.92 Å². The van der Waals surface area contributed by atoms with Crippen molar-refractivity contribution in [1.82, 2.24) is 4.90 Å². The van der Waals surface area contributed by atoms with E-state index >= 15 is 0 Å². The number of rotatable bonds is 5. The summed E-state index contributed by atoms with van der Waals surface area (Å²) >= 11 is 3.34. The van der Waals surface area contributed by atoms with Gasteiger partial charge in [0.2, 0.25) is 0 Å². The molecule has 1 fully saturated rings. The third kappa shape index (κ3) is 4.39. The number of carbonyl (C=O) groups is 1. The van der Waals surface area contributed by atoms with Gasteiger partial charge in [-0.3, -0.25) is 9.69 Å². The van der Waals surface area contributed by atoms with Gasteiger partial charge in [0.05, 0.1) is 13.2 Å². The van der Waals surface area contributed by atoms with Gasteiger partial charge >= 0.3 is 5.97 Å². The zero-order chi connectivity index (χ0) is 12.0. The molecule has 0 saturated carbocycles. The van der Waals surface area contributed by atoms with Crippen molar-refractivity contribution in [2.45, 2.75) is 30.7 Å². The van der Waals surface area contributed by atoms with Gasteiger partial charge in [-0.2, -0.15) is 0 Å². The highest BCUT2D eigenvalue weighted by Gasteiger charge is 2.24. The number of esters is 1. The van der Waals surface area contributed by atoms with Crippen molar-refractivity contribution >= 4 is 21.9 Å². The fourth-order valence-corrected chi connectivity index (χ4v) is 2.58. The van der Waals surface area contributed by atoms with Crippen LogP contribution >= 0.6 is 15.9 Å². The molecule has 0 radical (unpaired) electrons. The van der Waals surface area contributed by atoms with E-state index in [1.54, 1.807) is 0 Å². The van der Waals surface area contributed by atoms with Crippen LogP contribution in [0.3, 0.4) is 0 Å². The van der Waals surface area contributed by atoms with Gasteiger partial charge < -0.3 is 9.47 Å². The Hall–Kier alpha value is -0.130. The first-order valence-electron chi connectivity index (χ1n) is 5.73. The third-order valence-electron chi connectivity index (χ3n) is 2.74. The van der Waals surface area contributed by atoms with Crippen molar-refractivity contribution in [3.8, 4) is 0 Å². The minimum absolute atomic E-state index is 0.210. The Kier molecular flexibility index (Phi) is 6.31. The molecule has 0 N–H and O–H groups in total. The van der Waals surface area contributed by atoms with E-state index in [-0.39, 0.29) is 10.8 Å². The lowest BCUT2D eigenvalue weighted by molar-refractivity contribution is -0.140. The van der Waals surface area contributed by atoms with Gasteiger partial charge in [0.1, 0.15) is 4.83 Å². The number of hydrogen-bond donors (Lipinski definition) is 0. The number of hydrogen-bond acceptors (Lipinski definition) is 4. The summed E-state index contributed by atoms with van der Waals surface area (Å²) in [5.74, 6) is -0.210.